The first kappa shape index (κ1) is 13.4. The zero-order valence-electron chi connectivity index (χ0n) is 10.7. The summed E-state index contributed by atoms with van der Waals surface area (Å²) in [6.07, 6.45) is 1.97. The van der Waals surface area contributed by atoms with E-state index in [4.69, 9.17) is 22.7 Å². The number of halogens is 1. The highest BCUT2D eigenvalue weighted by Gasteiger charge is 2.21. The molecule has 1 aliphatic heterocycles. The summed E-state index contributed by atoms with van der Waals surface area (Å²) in [6, 6.07) is 6.22. The predicted octanol–water partition coefficient (Wildman–Crippen LogP) is 2.80. The number of amidine groups is 1. The van der Waals surface area contributed by atoms with Crippen LogP contribution in [0.3, 0.4) is 0 Å². The molecule has 0 amide bonds. The maximum absolute atomic E-state index is 7.47. The molecule has 1 fully saturated rings. The molecule has 0 atom stereocenters. The van der Waals surface area contributed by atoms with Crippen LogP contribution in [0.25, 0.3) is 0 Å². The van der Waals surface area contributed by atoms with Gasteiger partial charge in [0.05, 0.1) is 5.84 Å². The van der Waals surface area contributed by atoms with Crippen molar-refractivity contribution in [3.05, 3.63) is 34.3 Å². The minimum atomic E-state index is 0.273. The lowest BCUT2D eigenvalue weighted by Gasteiger charge is -2.31. The van der Waals surface area contributed by atoms with Crippen LogP contribution in [0.2, 0.25) is 5.02 Å². The lowest BCUT2D eigenvalue weighted by Crippen LogP contribution is -2.37. The van der Waals surface area contributed by atoms with Crippen molar-refractivity contribution in [2.75, 3.05) is 13.1 Å². The summed E-state index contributed by atoms with van der Waals surface area (Å²) in [7, 11) is 0. The van der Waals surface area contributed by atoms with Gasteiger partial charge in [-0.3, -0.25) is 10.3 Å². The van der Waals surface area contributed by atoms with Crippen molar-refractivity contribution < 1.29 is 0 Å². The summed E-state index contributed by atoms with van der Waals surface area (Å²) in [5.41, 5.74) is 7.93. The molecule has 0 unspecified atom stereocenters. The maximum atomic E-state index is 7.47. The molecular formula is C14H20ClN3. The Balaban J connectivity index is 1.93. The molecule has 3 nitrogen and oxygen atoms in total. The van der Waals surface area contributed by atoms with Gasteiger partial charge >= 0.3 is 0 Å². The second-order valence-corrected chi connectivity index (χ2v) is 5.51. The Morgan fingerprint density at radius 3 is 2.67 bits per heavy atom. The molecule has 98 valence electrons. The highest BCUT2D eigenvalue weighted by Crippen LogP contribution is 2.23. The van der Waals surface area contributed by atoms with Crippen LogP contribution in [0.5, 0.6) is 0 Å². The molecule has 0 radical (unpaired) electrons. The van der Waals surface area contributed by atoms with Crippen molar-refractivity contribution in [3.63, 3.8) is 0 Å². The molecule has 1 aliphatic rings. The number of likely N-dealkylation sites (tertiary alicyclic amines) is 1. The van der Waals surface area contributed by atoms with Crippen LogP contribution in [0.4, 0.5) is 0 Å². The molecule has 18 heavy (non-hydrogen) atoms. The lowest BCUT2D eigenvalue weighted by atomic mass is 9.95. The molecule has 0 saturated carbocycles. The number of nitrogens with one attached hydrogen (secondary N) is 1. The van der Waals surface area contributed by atoms with E-state index < -0.39 is 0 Å². The summed E-state index contributed by atoms with van der Waals surface area (Å²) in [4.78, 5) is 2.38. The van der Waals surface area contributed by atoms with Gasteiger partial charge in [-0.2, -0.15) is 0 Å². The Hall–Kier alpha value is -1.06. The molecule has 0 aromatic heterocycles. The number of rotatable bonds is 3. The van der Waals surface area contributed by atoms with Crippen molar-refractivity contribution in [2.45, 2.75) is 26.3 Å². The maximum Gasteiger partial charge on any atom is 0.0937 e. The van der Waals surface area contributed by atoms with E-state index in [9.17, 15) is 0 Å². The highest BCUT2D eigenvalue weighted by molar-refractivity contribution is 6.31. The van der Waals surface area contributed by atoms with E-state index in [1.807, 2.05) is 13.0 Å². The predicted molar refractivity (Wildman–Crippen MR) is 76.1 cm³/mol. The van der Waals surface area contributed by atoms with Gasteiger partial charge in [-0.05, 0) is 50.0 Å². The molecule has 0 bridgehead atoms. The summed E-state index contributed by atoms with van der Waals surface area (Å²) < 4.78 is 0. The largest absolute Gasteiger partial charge is 0.387 e. The van der Waals surface area contributed by atoms with Crippen LogP contribution in [-0.2, 0) is 6.54 Å². The number of hydrogen-bond acceptors (Lipinski definition) is 2. The van der Waals surface area contributed by atoms with E-state index in [0.717, 1.165) is 37.5 Å². The normalized spacial score (nSPS) is 17.9. The number of aryl methyl sites for hydroxylation is 1. The molecule has 2 rings (SSSR count). The third kappa shape index (κ3) is 3.24. The fourth-order valence-electron chi connectivity index (χ4n) is 2.42. The first-order valence-corrected chi connectivity index (χ1v) is 6.75. The average Bonchev–Trinajstić information content (AvgIpc) is 2.33. The number of benzene rings is 1. The van der Waals surface area contributed by atoms with Gasteiger partial charge in [0, 0.05) is 17.5 Å². The Kier molecular flexibility index (Phi) is 4.25. The van der Waals surface area contributed by atoms with Crippen molar-refractivity contribution in [1.82, 2.24) is 4.90 Å². The number of nitrogens with zero attached hydrogens (tertiary/aromatic N) is 1. The van der Waals surface area contributed by atoms with Crippen molar-refractivity contribution in [1.29, 1.82) is 5.41 Å². The molecule has 1 saturated heterocycles. The zero-order chi connectivity index (χ0) is 13.1. The quantitative estimate of drug-likeness (QED) is 0.652. The van der Waals surface area contributed by atoms with Crippen LogP contribution < -0.4 is 5.73 Å². The summed E-state index contributed by atoms with van der Waals surface area (Å²) in [5.74, 6) is 0.609. The van der Waals surface area contributed by atoms with E-state index in [1.54, 1.807) is 0 Å². The summed E-state index contributed by atoms with van der Waals surface area (Å²) >= 11 is 6.25. The third-order valence-electron chi connectivity index (χ3n) is 3.63. The molecule has 1 aromatic rings. The second kappa shape index (κ2) is 5.72. The van der Waals surface area contributed by atoms with Crippen LogP contribution in [0, 0.1) is 18.3 Å². The van der Waals surface area contributed by atoms with Gasteiger partial charge in [0.2, 0.25) is 0 Å². The van der Waals surface area contributed by atoms with Gasteiger partial charge in [0.1, 0.15) is 0 Å². The monoisotopic (exact) mass is 265 g/mol. The number of piperidine rings is 1. The molecule has 1 heterocycles. The van der Waals surface area contributed by atoms with E-state index in [-0.39, 0.29) is 5.92 Å². The Morgan fingerprint density at radius 1 is 1.44 bits per heavy atom. The fraction of sp³-hybridized carbons (Fsp3) is 0.500. The van der Waals surface area contributed by atoms with Gasteiger partial charge in [-0.15, -0.1) is 0 Å². The molecule has 3 N–H and O–H groups in total. The minimum Gasteiger partial charge on any atom is -0.387 e. The van der Waals surface area contributed by atoms with E-state index in [2.05, 4.69) is 17.0 Å². The van der Waals surface area contributed by atoms with E-state index in [1.165, 1.54) is 11.1 Å². The Bertz CT molecular complexity index is 437. The SMILES string of the molecule is Cc1ccc(CN2CCC(C(=N)N)CC2)c(Cl)c1. The van der Waals surface area contributed by atoms with Crippen LogP contribution in [0.15, 0.2) is 18.2 Å². The summed E-state index contributed by atoms with van der Waals surface area (Å²) in [6.45, 7) is 4.93. The standard InChI is InChI=1S/C14H20ClN3/c1-10-2-3-12(13(15)8-10)9-18-6-4-11(5-7-18)14(16)17/h2-3,8,11H,4-7,9H2,1H3,(H3,16,17). The molecule has 0 aliphatic carbocycles. The van der Waals surface area contributed by atoms with Crippen LogP contribution in [-0.4, -0.2) is 23.8 Å². The van der Waals surface area contributed by atoms with Gasteiger partial charge in [-0.25, -0.2) is 0 Å². The van der Waals surface area contributed by atoms with Crippen molar-refractivity contribution >= 4 is 17.4 Å². The lowest BCUT2D eigenvalue weighted by molar-refractivity contribution is 0.201. The average molecular weight is 266 g/mol. The molecule has 0 spiro atoms. The van der Waals surface area contributed by atoms with Gasteiger partial charge in [0.25, 0.3) is 0 Å². The highest BCUT2D eigenvalue weighted by atomic mass is 35.5. The van der Waals surface area contributed by atoms with E-state index in [0.29, 0.717) is 5.84 Å². The topological polar surface area (TPSA) is 53.1 Å². The minimum absolute atomic E-state index is 0.273. The van der Waals surface area contributed by atoms with Gasteiger partial charge < -0.3 is 5.73 Å². The van der Waals surface area contributed by atoms with E-state index >= 15 is 0 Å². The fourth-order valence-corrected chi connectivity index (χ4v) is 2.72. The number of nitrogens with two attached hydrogens (primary N) is 1. The van der Waals surface area contributed by atoms with Gasteiger partial charge in [0.15, 0.2) is 0 Å². The smallest absolute Gasteiger partial charge is 0.0937 e. The summed E-state index contributed by atoms with van der Waals surface area (Å²) in [5, 5.41) is 8.32. The molecule has 4 heteroatoms. The third-order valence-corrected chi connectivity index (χ3v) is 3.98. The first-order chi connectivity index (χ1) is 8.56. The van der Waals surface area contributed by atoms with Crippen LogP contribution >= 0.6 is 11.6 Å². The van der Waals surface area contributed by atoms with Gasteiger partial charge in [-0.1, -0.05) is 23.7 Å². The Morgan fingerprint density at radius 2 is 2.11 bits per heavy atom. The van der Waals surface area contributed by atoms with Crippen molar-refractivity contribution in [2.24, 2.45) is 11.7 Å². The molecule has 1 aromatic carbocycles. The zero-order valence-corrected chi connectivity index (χ0v) is 11.5. The Labute approximate surface area is 113 Å². The first-order valence-electron chi connectivity index (χ1n) is 6.37. The van der Waals surface area contributed by atoms with Crippen molar-refractivity contribution in [3.8, 4) is 0 Å². The van der Waals surface area contributed by atoms with Crippen LogP contribution in [0.1, 0.15) is 24.0 Å². The molecular weight excluding hydrogens is 246 g/mol. The number of hydrogen-bond donors (Lipinski definition) is 2. The second-order valence-electron chi connectivity index (χ2n) is 5.10.